The van der Waals surface area contributed by atoms with Crippen LogP contribution in [0.25, 0.3) is 0 Å². The highest BCUT2D eigenvalue weighted by molar-refractivity contribution is 5.94. The van der Waals surface area contributed by atoms with Gasteiger partial charge in [0, 0.05) is 5.56 Å². The Bertz CT molecular complexity index is 618. The van der Waals surface area contributed by atoms with E-state index in [-0.39, 0.29) is 17.8 Å². The Balaban J connectivity index is 1.80. The van der Waals surface area contributed by atoms with Crippen LogP contribution in [0.5, 0.6) is 0 Å². The molecule has 0 radical (unpaired) electrons. The lowest BCUT2D eigenvalue weighted by Crippen LogP contribution is -2.32. The van der Waals surface area contributed by atoms with E-state index in [0.717, 1.165) is 18.4 Å². The summed E-state index contributed by atoms with van der Waals surface area (Å²) in [6.07, 6.45) is 4.73. The van der Waals surface area contributed by atoms with Crippen molar-refractivity contribution in [1.82, 2.24) is 5.32 Å². The fourth-order valence-electron chi connectivity index (χ4n) is 3.25. The van der Waals surface area contributed by atoms with Gasteiger partial charge in [-0.1, -0.05) is 43.2 Å². The van der Waals surface area contributed by atoms with Crippen LogP contribution >= 0.6 is 0 Å². The molecular weight excluding hydrogens is 277 g/mol. The zero-order valence-corrected chi connectivity index (χ0v) is 12.5. The van der Waals surface area contributed by atoms with Gasteiger partial charge >= 0.3 is 0 Å². The summed E-state index contributed by atoms with van der Waals surface area (Å²) in [5.41, 5.74) is 1.64. The molecule has 2 aromatic carbocycles. The van der Waals surface area contributed by atoms with Crippen molar-refractivity contribution >= 4 is 5.91 Å². The van der Waals surface area contributed by atoms with Gasteiger partial charge in [-0.25, -0.2) is 4.39 Å². The van der Waals surface area contributed by atoms with Crippen molar-refractivity contribution in [2.75, 3.05) is 0 Å². The second-order valence-corrected chi connectivity index (χ2v) is 5.91. The summed E-state index contributed by atoms with van der Waals surface area (Å²) in [6, 6.07) is 15.8. The molecule has 1 aliphatic rings. The molecule has 3 heteroatoms. The molecule has 1 atom stereocenters. The number of halogens is 1. The minimum atomic E-state index is -0.327. The van der Waals surface area contributed by atoms with Gasteiger partial charge in [0.2, 0.25) is 0 Å². The fraction of sp³-hybridized carbons (Fsp3) is 0.316. The fourth-order valence-corrected chi connectivity index (χ4v) is 3.25. The molecule has 1 amide bonds. The first-order chi connectivity index (χ1) is 10.7. The van der Waals surface area contributed by atoms with Gasteiger partial charge in [-0.15, -0.1) is 0 Å². The largest absolute Gasteiger partial charge is 0.345 e. The summed E-state index contributed by atoms with van der Waals surface area (Å²) in [4.78, 5) is 12.5. The summed E-state index contributed by atoms with van der Waals surface area (Å²) in [5, 5.41) is 3.15. The van der Waals surface area contributed by atoms with Crippen LogP contribution in [0.4, 0.5) is 4.39 Å². The van der Waals surface area contributed by atoms with Gasteiger partial charge in [-0.2, -0.15) is 0 Å². The molecule has 1 fully saturated rings. The van der Waals surface area contributed by atoms with Crippen molar-refractivity contribution in [3.63, 3.8) is 0 Å². The number of benzene rings is 2. The van der Waals surface area contributed by atoms with Crippen LogP contribution < -0.4 is 5.32 Å². The van der Waals surface area contributed by atoms with Crippen LogP contribution in [0.1, 0.15) is 47.6 Å². The molecular formula is C19H20FNO. The highest BCUT2D eigenvalue weighted by Crippen LogP contribution is 2.35. The predicted molar refractivity (Wildman–Crippen MR) is 85.0 cm³/mol. The lowest BCUT2D eigenvalue weighted by atomic mass is 9.91. The highest BCUT2D eigenvalue weighted by Gasteiger charge is 2.27. The zero-order chi connectivity index (χ0) is 15.4. The molecule has 0 saturated heterocycles. The van der Waals surface area contributed by atoms with Crippen LogP contribution in [0.2, 0.25) is 0 Å². The van der Waals surface area contributed by atoms with Crippen molar-refractivity contribution in [2.24, 2.45) is 5.92 Å². The number of nitrogens with one attached hydrogen (secondary N) is 1. The molecule has 0 spiro atoms. The first-order valence-corrected chi connectivity index (χ1v) is 7.85. The van der Waals surface area contributed by atoms with Gasteiger partial charge in [0.1, 0.15) is 5.82 Å². The summed E-state index contributed by atoms with van der Waals surface area (Å²) in [7, 11) is 0. The lowest BCUT2D eigenvalue weighted by molar-refractivity contribution is 0.0921. The second kappa shape index (κ2) is 6.73. The Labute approximate surface area is 130 Å². The van der Waals surface area contributed by atoms with Gasteiger partial charge in [0.05, 0.1) is 6.04 Å². The summed E-state index contributed by atoms with van der Waals surface area (Å²) < 4.78 is 13.0. The first kappa shape index (κ1) is 14.8. The average molecular weight is 297 g/mol. The van der Waals surface area contributed by atoms with Crippen LogP contribution in [-0.4, -0.2) is 5.91 Å². The Morgan fingerprint density at radius 3 is 2.27 bits per heavy atom. The van der Waals surface area contributed by atoms with Crippen molar-refractivity contribution < 1.29 is 9.18 Å². The molecule has 0 aromatic heterocycles. The van der Waals surface area contributed by atoms with Crippen molar-refractivity contribution in [2.45, 2.75) is 31.7 Å². The van der Waals surface area contributed by atoms with E-state index in [0.29, 0.717) is 11.5 Å². The molecule has 1 N–H and O–H groups in total. The third-order valence-corrected chi connectivity index (χ3v) is 4.42. The molecule has 0 aliphatic heterocycles. The Morgan fingerprint density at radius 1 is 1.00 bits per heavy atom. The maximum atomic E-state index is 13.0. The zero-order valence-electron chi connectivity index (χ0n) is 12.5. The smallest absolute Gasteiger partial charge is 0.251 e. The molecule has 1 saturated carbocycles. The Morgan fingerprint density at radius 2 is 1.64 bits per heavy atom. The average Bonchev–Trinajstić information content (AvgIpc) is 3.08. The number of amides is 1. The minimum absolute atomic E-state index is 0.0289. The number of carbonyl (C=O) groups is 1. The molecule has 1 aliphatic carbocycles. The monoisotopic (exact) mass is 297 g/mol. The SMILES string of the molecule is O=C(N[C@@H](c1ccccc1)C1CCCC1)c1ccc(F)cc1. The molecule has 0 heterocycles. The van der Waals surface area contributed by atoms with Crippen LogP contribution in [-0.2, 0) is 0 Å². The van der Waals surface area contributed by atoms with Gasteiger partial charge in [-0.05, 0) is 48.6 Å². The Kier molecular flexibility index (Phi) is 4.52. The second-order valence-electron chi connectivity index (χ2n) is 5.91. The molecule has 2 aromatic rings. The van der Waals surface area contributed by atoms with Gasteiger partial charge in [0.25, 0.3) is 5.91 Å². The van der Waals surface area contributed by atoms with E-state index in [2.05, 4.69) is 17.4 Å². The van der Waals surface area contributed by atoms with Gasteiger partial charge in [0.15, 0.2) is 0 Å². The molecule has 3 rings (SSSR count). The molecule has 0 bridgehead atoms. The van der Waals surface area contributed by atoms with Crippen molar-refractivity contribution in [3.05, 3.63) is 71.5 Å². The minimum Gasteiger partial charge on any atom is -0.345 e. The molecule has 2 nitrogen and oxygen atoms in total. The molecule has 114 valence electrons. The van der Waals surface area contributed by atoms with Crippen LogP contribution in [0.15, 0.2) is 54.6 Å². The molecule has 0 unspecified atom stereocenters. The third-order valence-electron chi connectivity index (χ3n) is 4.42. The molecule has 22 heavy (non-hydrogen) atoms. The quantitative estimate of drug-likeness (QED) is 0.885. The lowest BCUT2D eigenvalue weighted by Gasteiger charge is -2.25. The van der Waals surface area contributed by atoms with E-state index in [1.807, 2.05) is 18.2 Å². The normalized spacial score (nSPS) is 16.4. The van der Waals surface area contributed by atoms with E-state index >= 15 is 0 Å². The first-order valence-electron chi connectivity index (χ1n) is 7.85. The maximum absolute atomic E-state index is 13.0. The predicted octanol–water partition coefficient (Wildman–Crippen LogP) is 4.49. The number of hydrogen-bond acceptors (Lipinski definition) is 1. The van der Waals surface area contributed by atoms with Crippen LogP contribution in [0.3, 0.4) is 0 Å². The Hall–Kier alpha value is -2.16. The summed E-state index contributed by atoms with van der Waals surface area (Å²) in [5.74, 6) is 0.0134. The van der Waals surface area contributed by atoms with Crippen LogP contribution in [0, 0.1) is 11.7 Å². The number of rotatable bonds is 4. The van der Waals surface area contributed by atoms with Crippen molar-refractivity contribution in [3.8, 4) is 0 Å². The van der Waals surface area contributed by atoms with E-state index in [9.17, 15) is 9.18 Å². The number of hydrogen-bond donors (Lipinski definition) is 1. The summed E-state index contributed by atoms with van der Waals surface area (Å²) >= 11 is 0. The van der Waals surface area contributed by atoms with E-state index in [1.165, 1.54) is 37.1 Å². The van der Waals surface area contributed by atoms with Gasteiger partial charge < -0.3 is 5.32 Å². The van der Waals surface area contributed by atoms with E-state index in [4.69, 9.17) is 0 Å². The number of carbonyl (C=O) groups excluding carboxylic acids is 1. The van der Waals surface area contributed by atoms with Gasteiger partial charge in [-0.3, -0.25) is 4.79 Å². The highest BCUT2D eigenvalue weighted by atomic mass is 19.1. The standard InChI is InChI=1S/C19H20FNO/c20-17-12-10-16(11-13-17)19(22)21-18(15-8-4-5-9-15)14-6-2-1-3-7-14/h1-3,6-7,10-13,15,18H,4-5,8-9H2,(H,21,22)/t18-/m0/s1. The summed E-state index contributed by atoms with van der Waals surface area (Å²) in [6.45, 7) is 0. The topological polar surface area (TPSA) is 29.1 Å². The third kappa shape index (κ3) is 3.35. The van der Waals surface area contributed by atoms with E-state index in [1.54, 1.807) is 0 Å². The van der Waals surface area contributed by atoms with E-state index < -0.39 is 0 Å². The maximum Gasteiger partial charge on any atom is 0.251 e. The van der Waals surface area contributed by atoms with Crippen molar-refractivity contribution in [1.29, 1.82) is 0 Å².